The van der Waals surface area contributed by atoms with Crippen LogP contribution in [0.15, 0.2) is 29.4 Å². The van der Waals surface area contributed by atoms with Gasteiger partial charge in [0.15, 0.2) is 6.20 Å². The van der Waals surface area contributed by atoms with Gasteiger partial charge in [-0.3, -0.25) is 0 Å². The van der Waals surface area contributed by atoms with Crippen LogP contribution in [0.3, 0.4) is 0 Å². The summed E-state index contributed by atoms with van der Waals surface area (Å²) < 4.78 is 0.839. The van der Waals surface area contributed by atoms with Gasteiger partial charge in [-0.25, -0.2) is 9.97 Å². The predicted octanol–water partition coefficient (Wildman–Crippen LogP) is 2.82. The zero-order valence-electron chi connectivity index (χ0n) is 11.7. The molecule has 0 atom stereocenters. The first-order chi connectivity index (χ1) is 10.1. The Morgan fingerprint density at radius 1 is 1.33 bits per heavy atom. The van der Waals surface area contributed by atoms with Crippen LogP contribution >= 0.6 is 23.1 Å². The lowest BCUT2D eigenvalue weighted by atomic mass is 10.2. The van der Waals surface area contributed by atoms with Gasteiger partial charge in [-0.2, -0.15) is 4.73 Å². The molecule has 0 amide bonds. The fourth-order valence-electron chi connectivity index (χ4n) is 2.05. The first-order valence-electron chi connectivity index (χ1n) is 6.39. The van der Waals surface area contributed by atoms with E-state index in [1.165, 1.54) is 22.8 Å². The number of rotatable bonds is 3. The van der Waals surface area contributed by atoms with Crippen molar-refractivity contribution in [1.29, 1.82) is 0 Å². The van der Waals surface area contributed by atoms with Crippen LogP contribution in [0.5, 0.6) is 0 Å². The van der Waals surface area contributed by atoms with Gasteiger partial charge in [-0.15, -0.1) is 11.3 Å². The summed E-state index contributed by atoms with van der Waals surface area (Å²) in [4.78, 5) is 11.0. The average Bonchev–Trinajstić information content (AvgIpc) is 2.73. The van der Waals surface area contributed by atoms with E-state index >= 15 is 0 Å². The molecule has 0 fully saturated rings. The second-order valence-electron chi connectivity index (χ2n) is 4.64. The third kappa shape index (κ3) is 2.66. The lowest BCUT2D eigenvalue weighted by molar-refractivity contribution is -0.645. The SMILES string of the molecule is Cc1sc2nc(CSc3cccc[n+]3[O-])nc(N)c2c1C. The second kappa shape index (κ2) is 5.50. The molecular formula is C14H14N4OS2. The fraction of sp³-hybridized carbons (Fsp3) is 0.214. The van der Waals surface area contributed by atoms with Crippen LogP contribution in [-0.2, 0) is 5.75 Å². The molecule has 0 unspecified atom stereocenters. The first kappa shape index (κ1) is 14.1. The molecule has 0 aliphatic carbocycles. The number of nitrogens with two attached hydrogens (primary N) is 1. The summed E-state index contributed by atoms with van der Waals surface area (Å²) in [5.74, 6) is 1.68. The minimum Gasteiger partial charge on any atom is -0.618 e. The van der Waals surface area contributed by atoms with Crippen molar-refractivity contribution in [2.45, 2.75) is 24.6 Å². The molecule has 0 aliphatic rings. The highest BCUT2D eigenvalue weighted by Crippen LogP contribution is 2.32. The number of hydrogen-bond acceptors (Lipinski definition) is 6. The van der Waals surface area contributed by atoms with Gasteiger partial charge >= 0.3 is 0 Å². The Bertz CT molecular complexity index is 816. The molecule has 0 radical (unpaired) electrons. The molecule has 0 saturated carbocycles. The van der Waals surface area contributed by atoms with Crippen LogP contribution in [0.1, 0.15) is 16.3 Å². The van der Waals surface area contributed by atoms with Gasteiger partial charge in [0.2, 0.25) is 0 Å². The number of anilines is 1. The largest absolute Gasteiger partial charge is 0.618 e. The minimum atomic E-state index is 0.514. The minimum absolute atomic E-state index is 0.514. The smallest absolute Gasteiger partial charge is 0.251 e. The highest BCUT2D eigenvalue weighted by atomic mass is 32.2. The molecule has 0 bridgehead atoms. The monoisotopic (exact) mass is 318 g/mol. The lowest BCUT2D eigenvalue weighted by Crippen LogP contribution is -2.27. The lowest BCUT2D eigenvalue weighted by Gasteiger charge is -2.04. The number of thioether (sulfide) groups is 1. The standard InChI is InChI=1S/C14H14N4OS2/c1-8-9(2)21-14-12(8)13(15)16-10(17-14)7-20-11-5-3-4-6-18(11)19/h3-6H,7H2,1-2H3,(H2,15,16,17). The van der Waals surface area contributed by atoms with Crippen molar-refractivity contribution in [2.24, 2.45) is 0 Å². The summed E-state index contributed by atoms with van der Waals surface area (Å²) in [6, 6.07) is 5.31. The van der Waals surface area contributed by atoms with E-state index in [1.54, 1.807) is 23.5 Å². The Balaban J connectivity index is 1.90. The van der Waals surface area contributed by atoms with Crippen LogP contribution in [0.25, 0.3) is 10.2 Å². The molecule has 108 valence electrons. The number of fused-ring (bicyclic) bond motifs is 1. The molecule has 21 heavy (non-hydrogen) atoms. The first-order valence-corrected chi connectivity index (χ1v) is 8.19. The highest BCUT2D eigenvalue weighted by molar-refractivity contribution is 7.98. The van der Waals surface area contributed by atoms with Gasteiger partial charge in [0.05, 0.1) is 11.1 Å². The van der Waals surface area contributed by atoms with Crippen molar-refractivity contribution >= 4 is 39.1 Å². The number of nitrogens with zero attached hydrogens (tertiary/aromatic N) is 3. The van der Waals surface area contributed by atoms with Gasteiger partial charge in [-0.05, 0) is 37.2 Å². The maximum absolute atomic E-state index is 11.6. The molecule has 3 aromatic rings. The van der Waals surface area contributed by atoms with Crippen molar-refractivity contribution in [3.05, 3.63) is 45.9 Å². The Kier molecular flexibility index (Phi) is 3.69. The van der Waals surface area contributed by atoms with Crippen LogP contribution < -0.4 is 10.5 Å². The molecule has 3 rings (SSSR count). The van der Waals surface area contributed by atoms with Crippen molar-refractivity contribution in [2.75, 3.05) is 5.73 Å². The van der Waals surface area contributed by atoms with Crippen LogP contribution in [0.2, 0.25) is 0 Å². The molecule has 0 spiro atoms. The summed E-state index contributed by atoms with van der Waals surface area (Å²) in [6.07, 6.45) is 1.48. The van der Waals surface area contributed by atoms with Crippen molar-refractivity contribution in [1.82, 2.24) is 9.97 Å². The van der Waals surface area contributed by atoms with E-state index in [1.807, 2.05) is 13.0 Å². The third-order valence-electron chi connectivity index (χ3n) is 3.24. The van der Waals surface area contributed by atoms with Gasteiger partial charge in [0.25, 0.3) is 5.03 Å². The van der Waals surface area contributed by atoms with E-state index in [0.717, 1.165) is 20.5 Å². The molecule has 0 aliphatic heterocycles. The quantitative estimate of drug-likeness (QED) is 0.456. The second-order valence-corrected chi connectivity index (χ2v) is 6.84. The number of hydrogen-bond donors (Lipinski definition) is 1. The van der Waals surface area contributed by atoms with Crippen LogP contribution in [0, 0.1) is 19.1 Å². The Hall–Kier alpha value is -1.86. The van der Waals surface area contributed by atoms with E-state index < -0.39 is 0 Å². The highest BCUT2D eigenvalue weighted by Gasteiger charge is 2.13. The summed E-state index contributed by atoms with van der Waals surface area (Å²) >= 11 is 3.03. The maximum atomic E-state index is 11.6. The number of nitrogen functional groups attached to an aromatic ring is 1. The van der Waals surface area contributed by atoms with Gasteiger partial charge in [-0.1, -0.05) is 0 Å². The van der Waals surface area contributed by atoms with Gasteiger partial charge in [0, 0.05) is 17.0 Å². The van der Waals surface area contributed by atoms with Crippen molar-refractivity contribution < 1.29 is 4.73 Å². The number of aryl methyl sites for hydroxylation is 2. The van der Waals surface area contributed by atoms with E-state index in [-0.39, 0.29) is 0 Å². The summed E-state index contributed by atoms with van der Waals surface area (Å²) in [7, 11) is 0. The van der Waals surface area contributed by atoms with E-state index in [0.29, 0.717) is 22.4 Å². The Labute approximate surface area is 130 Å². The zero-order chi connectivity index (χ0) is 15.0. The molecule has 0 aromatic carbocycles. The zero-order valence-corrected chi connectivity index (χ0v) is 13.3. The van der Waals surface area contributed by atoms with Crippen LogP contribution in [-0.4, -0.2) is 9.97 Å². The predicted molar refractivity (Wildman–Crippen MR) is 86.3 cm³/mol. The summed E-state index contributed by atoms with van der Waals surface area (Å²) in [6.45, 7) is 4.09. The third-order valence-corrected chi connectivity index (χ3v) is 5.36. The average molecular weight is 318 g/mol. The molecule has 0 saturated heterocycles. The molecule has 5 nitrogen and oxygen atoms in total. The Morgan fingerprint density at radius 2 is 2.14 bits per heavy atom. The van der Waals surface area contributed by atoms with E-state index in [2.05, 4.69) is 16.9 Å². The van der Waals surface area contributed by atoms with Crippen molar-refractivity contribution in [3.63, 3.8) is 0 Å². The Morgan fingerprint density at radius 3 is 2.90 bits per heavy atom. The summed E-state index contributed by atoms with van der Waals surface area (Å²) in [5, 5.41) is 13.2. The van der Waals surface area contributed by atoms with Gasteiger partial charge in [0.1, 0.15) is 16.5 Å². The molecule has 7 heteroatoms. The number of pyridine rings is 1. The normalized spacial score (nSPS) is 11.1. The maximum Gasteiger partial charge on any atom is 0.251 e. The summed E-state index contributed by atoms with van der Waals surface area (Å²) in [5.41, 5.74) is 7.19. The van der Waals surface area contributed by atoms with E-state index in [9.17, 15) is 5.21 Å². The fourth-order valence-corrected chi connectivity index (χ4v) is 3.88. The number of aromatic nitrogens is 3. The number of thiophene rings is 1. The molecular weight excluding hydrogens is 304 g/mol. The van der Waals surface area contributed by atoms with Crippen LogP contribution in [0.4, 0.5) is 5.82 Å². The molecule has 3 heterocycles. The molecule has 2 N–H and O–H groups in total. The molecule has 3 aromatic heterocycles. The van der Waals surface area contributed by atoms with Gasteiger partial charge < -0.3 is 10.9 Å². The van der Waals surface area contributed by atoms with Crippen molar-refractivity contribution in [3.8, 4) is 0 Å². The topological polar surface area (TPSA) is 78.7 Å². The van der Waals surface area contributed by atoms with E-state index in [4.69, 9.17) is 5.73 Å².